The molecule has 1 saturated heterocycles. The van der Waals surface area contributed by atoms with Gasteiger partial charge in [0.2, 0.25) is 0 Å². The molecule has 1 aromatic carbocycles. The summed E-state index contributed by atoms with van der Waals surface area (Å²) in [6.07, 6.45) is 3.57. The highest BCUT2D eigenvalue weighted by atomic mass is 35.5. The first kappa shape index (κ1) is 16.7. The van der Waals surface area contributed by atoms with Gasteiger partial charge in [-0.3, -0.25) is 4.90 Å². The first-order chi connectivity index (χ1) is 9.56. The maximum Gasteiger partial charge on any atom is 0.130 e. The van der Waals surface area contributed by atoms with E-state index in [9.17, 15) is 8.78 Å². The second-order valence-electron chi connectivity index (χ2n) is 6.61. The fourth-order valence-corrected chi connectivity index (χ4v) is 3.12. The number of benzene rings is 1. The summed E-state index contributed by atoms with van der Waals surface area (Å²) in [7, 11) is 0. The summed E-state index contributed by atoms with van der Waals surface area (Å²) in [4.78, 5) is 2.38. The van der Waals surface area contributed by atoms with Crippen molar-refractivity contribution < 1.29 is 8.78 Å². The van der Waals surface area contributed by atoms with Crippen molar-refractivity contribution >= 4 is 12.4 Å². The van der Waals surface area contributed by atoms with Gasteiger partial charge in [-0.25, -0.2) is 8.78 Å². The minimum Gasteiger partial charge on any atom is -0.316 e. The van der Waals surface area contributed by atoms with Gasteiger partial charge in [0.15, 0.2) is 0 Å². The van der Waals surface area contributed by atoms with Gasteiger partial charge < -0.3 is 5.32 Å². The number of rotatable bonds is 5. The van der Waals surface area contributed by atoms with Gasteiger partial charge in [-0.05, 0) is 37.3 Å². The van der Waals surface area contributed by atoms with E-state index in [0.717, 1.165) is 25.7 Å². The molecular weight excluding hydrogens is 294 g/mol. The van der Waals surface area contributed by atoms with Crippen LogP contribution in [0.1, 0.15) is 31.7 Å². The van der Waals surface area contributed by atoms with Crippen molar-refractivity contribution in [1.82, 2.24) is 10.2 Å². The van der Waals surface area contributed by atoms with Gasteiger partial charge in [-0.1, -0.05) is 13.0 Å². The summed E-state index contributed by atoms with van der Waals surface area (Å²) in [5.74, 6) is -0.929. The molecule has 5 heteroatoms. The summed E-state index contributed by atoms with van der Waals surface area (Å²) in [5, 5.41) is 3.41. The monoisotopic (exact) mass is 316 g/mol. The summed E-state index contributed by atoms with van der Waals surface area (Å²) in [6.45, 7) is 5.97. The van der Waals surface area contributed by atoms with Crippen LogP contribution in [0.15, 0.2) is 18.2 Å². The smallest absolute Gasteiger partial charge is 0.130 e. The van der Waals surface area contributed by atoms with Crippen LogP contribution in [-0.2, 0) is 6.54 Å². The minimum absolute atomic E-state index is 0. The van der Waals surface area contributed by atoms with Crippen LogP contribution in [0.4, 0.5) is 8.78 Å². The van der Waals surface area contributed by atoms with Crippen molar-refractivity contribution in [3.8, 4) is 0 Å². The average molecular weight is 317 g/mol. The van der Waals surface area contributed by atoms with E-state index in [4.69, 9.17) is 0 Å². The lowest BCUT2D eigenvalue weighted by Crippen LogP contribution is -2.38. The van der Waals surface area contributed by atoms with Crippen molar-refractivity contribution in [3.05, 3.63) is 35.4 Å². The number of hydrogen-bond donors (Lipinski definition) is 1. The molecule has 1 saturated carbocycles. The van der Waals surface area contributed by atoms with Crippen LogP contribution in [0.3, 0.4) is 0 Å². The molecule has 21 heavy (non-hydrogen) atoms. The molecule has 0 radical (unpaired) electrons. The molecule has 0 amide bonds. The number of nitrogens with one attached hydrogen (secondary N) is 1. The first-order valence-electron chi connectivity index (χ1n) is 7.44. The number of nitrogens with zero attached hydrogens (tertiary/aromatic N) is 1. The van der Waals surface area contributed by atoms with Gasteiger partial charge in [0.25, 0.3) is 0 Å². The van der Waals surface area contributed by atoms with Crippen molar-refractivity contribution in [3.63, 3.8) is 0 Å². The van der Waals surface area contributed by atoms with Crippen LogP contribution in [0.5, 0.6) is 0 Å². The third-order valence-corrected chi connectivity index (χ3v) is 4.49. The molecule has 1 N–H and O–H groups in total. The van der Waals surface area contributed by atoms with Crippen LogP contribution >= 0.6 is 12.4 Å². The third kappa shape index (κ3) is 4.15. The Morgan fingerprint density at radius 1 is 1.33 bits per heavy atom. The molecule has 1 atom stereocenters. The highest BCUT2D eigenvalue weighted by molar-refractivity contribution is 5.85. The van der Waals surface area contributed by atoms with E-state index in [2.05, 4.69) is 17.1 Å². The van der Waals surface area contributed by atoms with Crippen LogP contribution in [0, 0.1) is 17.0 Å². The Bertz CT molecular complexity index is 485. The van der Waals surface area contributed by atoms with Crippen LogP contribution in [0.25, 0.3) is 0 Å². The number of halogens is 3. The SMILES string of the molecule is CC1(CN(Cc2ccc(F)cc2F)C2CC2)CCNC1.Cl. The highest BCUT2D eigenvalue weighted by Crippen LogP contribution is 2.34. The summed E-state index contributed by atoms with van der Waals surface area (Å²) in [5.41, 5.74) is 0.881. The second-order valence-corrected chi connectivity index (χ2v) is 6.61. The molecule has 1 aromatic rings. The van der Waals surface area contributed by atoms with Gasteiger partial charge in [-0.2, -0.15) is 0 Å². The van der Waals surface area contributed by atoms with Gasteiger partial charge in [0.05, 0.1) is 0 Å². The molecule has 118 valence electrons. The maximum atomic E-state index is 13.8. The highest BCUT2D eigenvalue weighted by Gasteiger charge is 2.36. The van der Waals surface area contributed by atoms with E-state index in [1.807, 2.05) is 0 Å². The Morgan fingerprint density at radius 2 is 2.10 bits per heavy atom. The molecule has 0 aromatic heterocycles. The zero-order valence-corrected chi connectivity index (χ0v) is 13.2. The minimum atomic E-state index is -0.504. The lowest BCUT2D eigenvalue weighted by Gasteiger charge is -2.32. The van der Waals surface area contributed by atoms with E-state index >= 15 is 0 Å². The summed E-state index contributed by atoms with van der Waals surface area (Å²) < 4.78 is 26.8. The molecule has 2 aliphatic rings. The van der Waals surface area contributed by atoms with Crippen molar-refractivity contribution in [2.45, 2.75) is 38.8 Å². The van der Waals surface area contributed by atoms with Crippen molar-refractivity contribution in [2.24, 2.45) is 5.41 Å². The maximum absolute atomic E-state index is 13.8. The van der Waals surface area contributed by atoms with E-state index in [1.54, 1.807) is 6.07 Å². The Morgan fingerprint density at radius 3 is 2.67 bits per heavy atom. The molecule has 2 nitrogen and oxygen atoms in total. The Labute approximate surface area is 131 Å². The molecule has 0 bridgehead atoms. The number of hydrogen-bond acceptors (Lipinski definition) is 2. The molecule has 1 aliphatic heterocycles. The molecule has 2 fully saturated rings. The summed E-state index contributed by atoms with van der Waals surface area (Å²) >= 11 is 0. The van der Waals surface area contributed by atoms with Gasteiger partial charge in [0.1, 0.15) is 11.6 Å². The molecular formula is C16H23ClF2N2. The first-order valence-corrected chi connectivity index (χ1v) is 7.44. The Kier molecular flexibility index (Phi) is 5.23. The lowest BCUT2D eigenvalue weighted by atomic mass is 9.89. The van der Waals surface area contributed by atoms with Gasteiger partial charge >= 0.3 is 0 Å². The fraction of sp³-hybridized carbons (Fsp3) is 0.625. The fourth-order valence-electron chi connectivity index (χ4n) is 3.12. The van der Waals surface area contributed by atoms with Crippen LogP contribution in [0.2, 0.25) is 0 Å². The quantitative estimate of drug-likeness (QED) is 0.896. The standard InChI is InChI=1S/C16H22F2N2.ClH/c1-16(6-7-19-10-16)11-20(14-4-5-14)9-12-2-3-13(17)8-15(12)18;/h2-3,8,14,19H,4-7,9-11H2,1H3;1H. The lowest BCUT2D eigenvalue weighted by molar-refractivity contribution is 0.161. The normalized spacial score (nSPS) is 25.1. The average Bonchev–Trinajstić information content (AvgIpc) is 3.15. The molecule has 1 heterocycles. The third-order valence-electron chi connectivity index (χ3n) is 4.49. The summed E-state index contributed by atoms with van der Waals surface area (Å²) in [6, 6.07) is 4.49. The predicted octanol–water partition coefficient (Wildman–Crippen LogP) is 3.35. The van der Waals surface area contributed by atoms with Crippen molar-refractivity contribution in [2.75, 3.05) is 19.6 Å². The van der Waals surface area contributed by atoms with E-state index in [-0.39, 0.29) is 17.8 Å². The predicted molar refractivity (Wildman–Crippen MR) is 82.6 cm³/mol. The van der Waals surface area contributed by atoms with E-state index < -0.39 is 11.6 Å². The Hall–Kier alpha value is -0.710. The van der Waals surface area contributed by atoms with E-state index in [1.165, 1.54) is 25.3 Å². The zero-order chi connectivity index (χ0) is 14.2. The molecule has 0 spiro atoms. The molecule has 1 aliphatic carbocycles. The van der Waals surface area contributed by atoms with Crippen LogP contribution in [-0.4, -0.2) is 30.6 Å². The Balaban J connectivity index is 0.00000161. The largest absolute Gasteiger partial charge is 0.316 e. The van der Waals surface area contributed by atoms with E-state index in [0.29, 0.717) is 18.2 Å². The zero-order valence-electron chi connectivity index (χ0n) is 12.4. The van der Waals surface area contributed by atoms with Crippen LogP contribution < -0.4 is 5.32 Å². The molecule has 3 rings (SSSR count). The molecule has 1 unspecified atom stereocenters. The van der Waals surface area contributed by atoms with Gasteiger partial charge in [0, 0.05) is 37.3 Å². The van der Waals surface area contributed by atoms with Crippen molar-refractivity contribution in [1.29, 1.82) is 0 Å². The van der Waals surface area contributed by atoms with Gasteiger partial charge in [-0.15, -0.1) is 12.4 Å². The topological polar surface area (TPSA) is 15.3 Å². The second kappa shape index (κ2) is 6.59.